The van der Waals surface area contributed by atoms with Crippen molar-refractivity contribution >= 4 is 31.0 Å². The van der Waals surface area contributed by atoms with Crippen LogP contribution in [0.3, 0.4) is 0 Å². The lowest BCUT2D eigenvalue weighted by Crippen LogP contribution is -2.45. The van der Waals surface area contributed by atoms with Gasteiger partial charge in [-0.25, -0.2) is 8.60 Å². The molecule has 202 valence electrons. The summed E-state index contributed by atoms with van der Waals surface area (Å²) in [6.07, 6.45) is 2.20. The predicted molar refractivity (Wildman–Crippen MR) is 137 cm³/mol. The molecule has 1 saturated heterocycles. The highest BCUT2D eigenvalue weighted by atomic mass is 32.2. The molecule has 9 nitrogen and oxygen atoms in total. The molecule has 0 amide bonds. The molecule has 0 saturated carbocycles. The fourth-order valence-electron chi connectivity index (χ4n) is 3.98. The van der Waals surface area contributed by atoms with Crippen LogP contribution in [0.2, 0.25) is 0 Å². The molecule has 0 spiro atoms. The second-order valence-electron chi connectivity index (χ2n) is 8.94. The monoisotopic (exact) mass is 564 g/mol. The molecule has 3 N–H and O–H groups in total. The van der Waals surface area contributed by atoms with Crippen LogP contribution in [0.15, 0.2) is 46.2 Å². The number of nitrogens with zero attached hydrogens (tertiary/aromatic N) is 1. The Kier molecular flexibility index (Phi) is 10.7. The van der Waals surface area contributed by atoms with E-state index in [1.807, 2.05) is 12.1 Å². The first-order valence-electron chi connectivity index (χ1n) is 11.2. The number of piperazine rings is 1. The SMILES string of the molecule is CC(C)c1ccc2c(c1)C(N1CCNCC1)Cc1ccc(F)cc1S2=O.CS(=O)(=O)O.CS(=O)(=O)O. The summed E-state index contributed by atoms with van der Waals surface area (Å²) >= 11 is 0. The van der Waals surface area contributed by atoms with Crippen LogP contribution in [0, 0.1) is 5.82 Å². The molecule has 2 aliphatic heterocycles. The highest BCUT2D eigenvalue weighted by molar-refractivity contribution is 7.85. The van der Waals surface area contributed by atoms with Gasteiger partial charge in [0.1, 0.15) is 5.82 Å². The summed E-state index contributed by atoms with van der Waals surface area (Å²) in [6, 6.07) is 11.2. The summed E-state index contributed by atoms with van der Waals surface area (Å²) in [5.74, 6) is 0.0959. The quantitative estimate of drug-likeness (QED) is 0.470. The lowest BCUT2D eigenvalue weighted by molar-refractivity contribution is 0.170. The number of nitrogens with one attached hydrogen (secondary N) is 1. The molecule has 0 bridgehead atoms. The van der Waals surface area contributed by atoms with E-state index >= 15 is 0 Å². The first kappa shape index (κ1) is 30.5. The fraction of sp³-hybridized carbons (Fsp3) is 0.478. The zero-order valence-corrected chi connectivity index (χ0v) is 23.1. The second kappa shape index (κ2) is 12.7. The maximum absolute atomic E-state index is 13.8. The molecule has 0 aromatic heterocycles. The number of fused-ring (bicyclic) bond motifs is 2. The lowest BCUT2D eigenvalue weighted by Gasteiger charge is -2.35. The average Bonchev–Trinajstić information content (AvgIpc) is 2.87. The third-order valence-corrected chi connectivity index (χ3v) is 7.04. The first-order chi connectivity index (χ1) is 16.5. The van der Waals surface area contributed by atoms with Gasteiger partial charge >= 0.3 is 0 Å². The zero-order valence-electron chi connectivity index (χ0n) is 20.6. The van der Waals surface area contributed by atoms with Gasteiger partial charge in [-0.3, -0.25) is 14.0 Å². The molecular formula is C23H33FN2O7S3. The van der Waals surface area contributed by atoms with Crippen LogP contribution < -0.4 is 5.32 Å². The average molecular weight is 565 g/mol. The smallest absolute Gasteiger partial charge is 0.261 e. The van der Waals surface area contributed by atoms with Gasteiger partial charge in [-0.05, 0) is 47.2 Å². The maximum Gasteiger partial charge on any atom is 0.261 e. The molecule has 2 atom stereocenters. The van der Waals surface area contributed by atoms with Gasteiger partial charge in [0.05, 0.1) is 23.3 Å². The normalized spacial score (nSPS) is 20.1. The Morgan fingerprint density at radius 1 is 0.972 bits per heavy atom. The summed E-state index contributed by atoms with van der Waals surface area (Å²) < 4.78 is 78.9. The largest absolute Gasteiger partial charge is 0.314 e. The van der Waals surface area contributed by atoms with Crippen LogP contribution in [-0.2, 0) is 37.5 Å². The molecule has 1 fully saturated rings. The summed E-state index contributed by atoms with van der Waals surface area (Å²) in [5.41, 5.74) is 3.40. The van der Waals surface area contributed by atoms with Crippen molar-refractivity contribution in [2.24, 2.45) is 0 Å². The predicted octanol–water partition coefficient (Wildman–Crippen LogP) is 2.63. The highest BCUT2D eigenvalue weighted by Crippen LogP contribution is 2.38. The van der Waals surface area contributed by atoms with Crippen molar-refractivity contribution in [2.45, 2.75) is 42.0 Å². The van der Waals surface area contributed by atoms with E-state index in [0.717, 1.165) is 48.6 Å². The summed E-state index contributed by atoms with van der Waals surface area (Å²) in [5, 5.41) is 3.41. The van der Waals surface area contributed by atoms with Gasteiger partial charge in [0.15, 0.2) is 0 Å². The van der Waals surface area contributed by atoms with E-state index in [2.05, 4.69) is 36.2 Å². The molecular weight excluding hydrogens is 531 g/mol. The Morgan fingerprint density at radius 2 is 1.53 bits per heavy atom. The van der Waals surface area contributed by atoms with Gasteiger partial charge in [0, 0.05) is 42.0 Å². The van der Waals surface area contributed by atoms with Crippen molar-refractivity contribution in [1.29, 1.82) is 0 Å². The summed E-state index contributed by atoms with van der Waals surface area (Å²) in [4.78, 5) is 3.94. The number of rotatable bonds is 2. The van der Waals surface area contributed by atoms with E-state index in [1.165, 1.54) is 17.7 Å². The number of hydrogen-bond acceptors (Lipinski definition) is 7. The third kappa shape index (κ3) is 9.96. The molecule has 4 rings (SSSR count). The Hall–Kier alpha value is -1.74. The van der Waals surface area contributed by atoms with Crippen LogP contribution in [0.25, 0.3) is 0 Å². The van der Waals surface area contributed by atoms with E-state index in [-0.39, 0.29) is 11.9 Å². The fourth-order valence-corrected chi connectivity index (χ4v) is 5.43. The molecule has 0 radical (unpaired) electrons. The molecule has 13 heteroatoms. The first-order valence-corrected chi connectivity index (χ1v) is 16.0. The van der Waals surface area contributed by atoms with E-state index in [4.69, 9.17) is 9.11 Å². The molecule has 0 aliphatic carbocycles. The van der Waals surface area contributed by atoms with Crippen molar-refractivity contribution in [3.05, 3.63) is 58.9 Å². The van der Waals surface area contributed by atoms with E-state index in [1.54, 1.807) is 0 Å². The van der Waals surface area contributed by atoms with Gasteiger partial charge in [0.2, 0.25) is 0 Å². The molecule has 2 heterocycles. The summed E-state index contributed by atoms with van der Waals surface area (Å²) in [7, 11) is -8.68. The minimum atomic E-state index is -3.67. The molecule has 2 aliphatic rings. The van der Waals surface area contributed by atoms with Gasteiger partial charge in [0.25, 0.3) is 20.2 Å². The van der Waals surface area contributed by atoms with Crippen molar-refractivity contribution < 1.29 is 34.5 Å². The van der Waals surface area contributed by atoms with Crippen molar-refractivity contribution in [1.82, 2.24) is 10.2 Å². The Bertz CT molecular complexity index is 1250. The number of benzene rings is 2. The Labute approximate surface area is 215 Å². The van der Waals surface area contributed by atoms with Gasteiger partial charge in [-0.1, -0.05) is 32.0 Å². The third-order valence-electron chi connectivity index (χ3n) is 5.49. The van der Waals surface area contributed by atoms with Crippen LogP contribution in [-0.4, -0.2) is 73.7 Å². The van der Waals surface area contributed by atoms with Gasteiger partial charge in [-0.2, -0.15) is 16.8 Å². The van der Waals surface area contributed by atoms with Crippen molar-refractivity contribution in [3.63, 3.8) is 0 Å². The van der Waals surface area contributed by atoms with Crippen LogP contribution in [0.1, 0.15) is 42.5 Å². The number of halogens is 1. The molecule has 36 heavy (non-hydrogen) atoms. The standard InChI is InChI=1S/C21H25FN2OS.2CH4O3S/c1-14(2)15-4-6-20-18(11-15)19(24-9-7-23-8-10-24)12-16-3-5-17(22)13-21(16)26(20)25;2*1-5(2,3)4/h3-6,11,13-14,19,23H,7-10,12H2,1-2H3;2*1H3,(H,2,3,4). The van der Waals surface area contributed by atoms with E-state index < -0.39 is 31.0 Å². The van der Waals surface area contributed by atoms with E-state index in [0.29, 0.717) is 23.3 Å². The van der Waals surface area contributed by atoms with Crippen molar-refractivity contribution in [3.8, 4) is 0 Å². The Balaban J connectivity index is 0.000000389. The number of hydrogen-bond donors (Lipinski definition) is 3. The molecule has 2 aromatic carbocycles. The van der Waals surface area contributed by atoms with Gasteiger partial charge < -0.3 is 5.32 Å². The van der Waals surface area contributed by atoms with E-state index in [9.17, 15) is 25.4 Å². The molecule has 2 aromatic rings. The molecule has 2 unspecified atom stereocenters. The summed E-state index contributed by atoms with van der Waals surface area (Å²) in [6.45, 7) is 8.24. The van der Waals surface area contributed by atoms with Crippen LogP contribution >= 0.6 is 0 Å². The minimum Gasteiger partial charge on any atom is -0.314 e. The maximum atomic E-state index is 13.8. The van der Waals surface area contributed by atoms with Crippen molar-refractivity contribution in [2.75, 3.05) is 38.7 Å². The van der Waals surface area contributed by atoms with Crippen LogP contribution in [0.4, 0.5) is 4.39 Å². The Morgan fingerprint density at radius 3 is 2.06 bits per heavy atom. The zero-order chi connectivity index (χ0) is 27.3. The minimum absolute atomic E-state index is 0.182. The topological polar surface area (TPSA) is 141 Å². The van der Waals surface area contributed by atoms with Gasteiger partial charge in [-0.15, -0.1) is 0 Å². The second-order valence-corrected chi connectivity index (χ2v) is 13.3. The lowest BCUT2D eigenvalue weighted by atomic mass is 9.93. The van der Waals surface area contributed by atoms with Crippen LogP contribution in [0.5, 0.6) is 0 Å². The highest BCUT2D eigenvalue weighted by Gasteiger charge is 2.31.